The number of carbonyl (C=O) groups excluding carboxylic acids is 2. The van der Waals surface area contributed by atoms with Crippen LogP contribution in [0.1, 0.15) is 60.5 Å². The van der Waals surface area contributed by atoms with Gasteiger partial charge < -0.3 is 14.7 Å². The molecule has 1 saturated carbocycles. The molecule has 122 valence electrons. The van der Waals surface area contributed by atoms with Crippen LogP contribution in [0, 0.1) is 0 Å². The van der Waals surface area contributed by atoms with E-state index in [2.05, 4.69) is 0 Å². The zero-order valence-electron chi connectivity index (χ0n) is 13.2. The first-order valence-corrected chi connectivity index (χ1v) is 8.28. The lowest BCUT2D eigenvalue weighted by molar-refractivity contribution is -0.174. The number of hydrogen-bond donors (Lipinski definition) is 1. The zero-order chi connectivity index (χ0) is 16.2. The first-order chi connectivity index (χ1) is 11.0. The molecule has 1 aliphatic carbocycles. The number of hydrogen-bond acceptors (Lipinski definition) is 4. The Morgan fingerprint density at radius 2 is 1.96 bits per heavy atom. The number of methoxy groups -OCH3 is 1. The summed E-state index contributed by atoms with van der Waals surface area (Å²) in [6.07, 6.45) is 4.41. The predicted octanol–water partition coefficient (Wildman–Crippen LogP) is 2.19. The van der Waals surface area contributed by atoms with E-state index in [0.29, 0.717) is 18.4 Å². The molecular weight excluding hydrogens is 294 g/mol. The fourth-order valence-electron chi connectivity index (χ4n) is 4.99. The molecule has 1 saturated heterocycles. The van der Waals surface area contributed by atoms with Gasteiger partial charge in [-0.15, -0.1) is 0 Å². The Balaban J connectivity index is 1.88. The molecule has 4 rings (SSSR count). The number of carbonyl (C=O) groups is 2. The van der Waals surface area contributed by atoms with E-state index in [1.54, 1.807) is 4.90 Å². The fourth-order valence-corrected chi connectivity index (χ4v) is 4.99. The van der Waals surface area contributed by atoms with Gasteiger partial charge in [-0.2, -0.15) is 0 Å². The number of amides is 1. The molecule has 5 heteroatoms. The van der Waals surface area contributed by atoms with Gasteiger partial charge in [0.2, 0.25) is 0 Å². The van der Waals surface area contributed by atoms with Crippen molar-refractivity contribution in [2.75, 3.05) is 7.11 Å². The molecule has 2 fully saturated rings. The molecule has 1 spiro atoms. The number of fused-ring (bicyclic) bond motifs is 4. The highest BCUT2D eigenvalue weighted by Crippen LogP contribution is 2.58. The van der Waals surface area contributed by atoms with Gasteiger partial charge >= 0.3 is 5.97 Å². The van der Waals surface area contributed by atoms with E-state index in [0.717, 1.165) is 24.8 Å². The van der Waals surface area contributed by atoms with Crippen LogP contribution in [0.4, 0.5) is 0 Å². The first-order valence-electron chi connectivity index (χ1n) is 8.28. The van der Waals surface area contributed by atoms with Crippen molar-refractivity contribution in [1.29, 1.82) is 0 Å². The smallest absolute Gasteiger partial charge is 0.340 e. The number of esters is 1. The summed E-state index contributed by atoms with van der Waals surface area (Å²) in [7, 11) is 1.30. The monoisotopic (exact) mass is 315 g/mol. The summed E-state index contributed by atoms with van der Waals surface area (Å²) in [5.41, 5.74) is -0.827. The third-order valence-corrected chi connectivity index (χ3v) is 6.00. The lowest BCUT2D eigenvalue weighted by Crippen LogP contribution is -2.63. The van der Waals surface area contributed by atoms with Gasteiger partial charge in [0.25, 0.3) is 5.91 Å². The summed E-state index contributed by atoms with van der Waals surface area (Å²) in [6, 6.07) is 7.29. The minimum absolute atomic E-state index is 0.0627. The topological polar surface area (TPSA) is 66.8 Å². The van der Waals surface area contributed by atoms with Crippen LogP contribution in [0.2, 0.25) is 0 Å². The van der Waals surface area contributed by atoms with E-state index in [1.165, 1.54) is 7.11 Å². The lowest BCUT2D eigenvalue weighted by atomic mass is 9.69. The number of rotatable bonds is 1. The van der Waals surface area contributed by atoms with Gasteiger partial charge in [-0.25, -0.2) is 4.79 Å². The molecule has 1 aromatic rings. The predicted molar refractivity (Wildman–Crippen MR) is 82.8 cm³/mol. The molecule has 0 aromatic heterocycles. The molecule has 0 unspecified atom stereocenters. The summed E-state index contributed by atoms with van der Waals surface area (Å²) in [4.78, 5) is 27.3. The summed E-state index contributed by atoms with van der Waals surface area (Å²) >= 11 is 0. The Hall–Kier alpha value is -1.88. The number of benzene rings is 1. The SMILES string of the molecule is COC(=O)[C@@]1(O)C[C@@H]2c3ccccc3C(=O)N2C12CCCCC2. The molecule has 0 bridgehead atoms. The fraction of sp³-hybridized carbons (Fsp3) is 0.556. The van der Waals surface area contributed by atoms with E-state index in [1.807, 2.05) is 24.3 Å². The van der Waals surface area contributed by atoms with E-state index in [-0.39, 0.29) is 18.4 Å². The van der Waals surface area contributed by atoms with Crippen LogP contribution in [-0.4, -0.2) is 40.1 Å². The van der Waals surface area contributed by atoms with Crippen LogP contribution < -0.4 is 0 Å². The quantitative estimate of drug-likeness (QED) is 0.807. The van der Waals surface area contributed by atoms with Crippen molar-refractivity contribution in [3.63, 3.8) is 0 Å². The minimum atomic E-state index is -1.62. The summed E-state index contributed by atoms with van der Waals surface area (Å²) in [5, 5.41) is 11.3. The average molecular weight is 315 g/mol. The average Bonchev–Trinajstić information content (AvgIpc) is 3.00. The van der Waals surface area contributed by atoms with Crippen LogP contribution in [0.5, 0.6) is 0 Å². The maximum Gasteiger partial charge on any atom is 0.340 e. The van der Waals surface area contributed by atoms with Crippen LogP contribution >= 0.6 is 0 Å². The number of ether oxygens (including phenoxy) is 1. The van der Waals surface area contributed by atoms with Gasteiger partial charge in [-0.05, 0) is 24.5 Å². The Morgan fingerprint density at radius 1 is 1.26 bits per heavy atom. The van der Waals surface area contributed by atoms with Crippen molar-refractivity contribution in [2.24, 2.45) is 0 Å². The number of aliphatic hydroxyl groups is 1. The van der Waals surface area contributed by atoms with Crippen molar-refractivity contribution in [3.8, 4) is 0 Å². The normalized spacial score (nSPS) is 31.1. The lowest BCUT2D eigenvalue weighted by Gasteiger charge is -2.47. The zero-order valence-corrected chi connectivity index (χ0v) is 13.2. The van der Waals surface area contributed by atoms with Gasteiger partial charge in [0.1, 0.15) is 0 Å². The molecule has 1 N–H and O–H groups in total. The van der Waals surface area contributed by atoms with E-state index >= 15 is 0 Å². The Labute approximate surface area is 135 Å². The van der Waals surface area contributed by atoms with E-state index in [9.17, 15) is 14.7 Å². The first kappa shape index (κ1) is 14.7. The summed E-state index contributed by atoms with van der Waals surface area (Å²) < 4.78 is 4.93. The molecule has 1 amide bonds. The highest BCUT2D eigenvalue weighted by atomic mass is 16.5. The van der Waals surface area contributed by atoms with Crippen LogP contribution in [0.3, 0.4) is 0 Å². The van der Waals surface area contributed by atoms with Gasteiger partial charge in [0.05, 0.1) is 18.7 Å². The van der Waals surface area contributed by atoms with Gasteiger partial charge in [0.15, 0.2) is 5.60 Å². The third-order valence-electron chi connectivity index (χ3n) is 6.00. The molecule has 3 aliphatic rings. The number of nitrogens with zero attached hydrogens (tertiary/aromatic N) is 1. The van der Waals surface area contributed by atoms with Crippen LogP contribution in [-0.2, 0) is 9.53 Å². The second-order valence-electron chi connectivity index (χ2n) is 6.93. The Bertz CT molecular complexity index is 679. The van der Waals surface area contributed by atoms with Crippen molar-refractivity contribution >= 4 is 11.9 Å². The van der Waals surface area contributed by atoms with E-state index < -0.39 is 17.1 Å². The van der Waals surface area contributed by atoms with Gasteiger partial charge in [0, 0.05) is 12.0 Å². The Morgan fingerprint density at radius 3 is 2.65 bits per heavy atom. The van der Waals surface area contributed by atoms with Crippen molar-refractivity contribution < 1.29 is 19.4 Å². The van der Waals surface area contributed by atoms with Crippen LogP contribution in [0.25, 0.3) is 0 Å². The minimum Gasteiger partial charge on any atom is -0.467 e. The molecule has 2 aliphatic heterocycles. The largest absolute Gasteiger partial charge is 0.467 e. The highest BCUT2D eigenvalue weighted by Gasteiger charge is 2.69. The van der Waals surface area contributed by atoms with Crippen molar-refractivity contribution in [1.82, 2.24) is 4.90 Å². The van der Waals surface area contributed by atoms with Gasteiger partial charge in [-0.1, -0.05) is 37.5 Å². The molecule has 5 nitrogen and oxygen atoms in total. The second-order valence-corrected chi connectivity index (χ2v) is 6.93. The molecule has 1 aromatic carbocycles. The molecular formula is C18H21NO4. The molecule has 2 atom stereocenters. The van der Waals surface area contributed by atoms with E-state index in [4.69, 9.17) is 4.74 Å². The Kier molecular flexibility index (Phi) is 3.07. The van der Waals surface area contributed by atoms with Crippen molar-refractivity contribution in [3.05, 3.63) is 35.4 Å². The van der Waals surface area contributed by atoms with Gasteiger partial charge in [-0.3, -0.25) is 4.79 Å². The van der Waals surface area contributed by atoms with Crippen LogP contribution in [0.15, 0.2) is 24.3 Å². The third kappa shape index (κ3) is 1.66. The second kappa shape index (κ2) is 4.81. The highest BCUT2D eigenvalue weighted by molar-refractivity contribution is 6.01. The maximum atomic E-state index is 13.0. The maximum absolute atomic E-state index is 13.0. The van der Waals surface area contributed by atoms with Crippen molar-refractivity contribution in [2.45, 2.75) is 55.7 Å². The molecule has 0 radical (unpaired) electrons. The molecule has 2 heterocycles. The molecule has 23 heavy (non-hydrogen) atoms. The summed E-state index contributed by atoms with van der Waals surface area (Å²) in [5.74, 6) is -0.675. The standard InChI is InChI=1S/C18H21NO4/c1-23-16(21)18(22)11-14-12-7-3-4-8-13(12)15(20)19(14)17(18)9-5-2-6-10-17/h3-4,7-8,14,22H,2,5-6,9-11H2,1H3/t14-,18+/m1/s1. The summed E-state index contributed by atoms with van der Waals surface area (Å²) in [6.45, 7) is 0.